The molecular formula is C16H31NO3. The number of nitrogens with one attached hydrogen (secondary N) is 1. The lowest BCUT2D eigenvalue weighted by atomic mass is 9.96. The molecule has 1 N–H and O–H groups in total. The Morgan fingerprint density at radius 1 is 1.35 bits per heavy atom. The summed E-state index contributed by atoms with van der Waals surface area (Å²) in [5.74, 6) is 0.531. The third kappa shape index (κ3) is 5.06. The standard InChI is InChI=1S/C16H31NO3/c1-6-19-15(18)16(17-13(4)5)9-7-14(11-16)20-10-8-12(2)3/h12-14,17H,6-11H2,1-5H3. The zero-order valence-electron chi connectivity index (χ0n) is 13.7. The number of hydrogen-bond acceptors (Lipinski definition) is 4. The van der Waals surface area contributed by atoms with Crippen molar-refractivity contribution in [2.45, 2.75) is 78.0 Å². The highest BCUT2D eigenvalue weighted by atomic mass is 16.5. The third-order valence-electron chi connectivity index (χ3n) is 3.75. The second-order valence-electron chi connectivity index (χ2n) is 6.52. The van der Waals surface area contributed by atoms with Gasteiger partial charge in [0.1, 0.15) is 5.54 Å². The van der Waals surface area contributed by atoms with E-state index in [1.54, 1.807) is 0 Å². The molecule has 4 nitrogen and oxygen atoms in total. The molecule has 0 heterocycles. The van der Waals surface area contributed by atoms with E-state index in [9.17, 15) is 4.79 Å². The normalized spacial score (nSPS) is 26.4. The average Bonchev–Trinajstić information content (AvgIpc) is 2.73. The van der Waals surface area contributed by atoms with Crippen LogP contribution in [0.25, 0.3) is 0 Å². The molecule has 1 rings (SSSR count). The van der Waals surface area contributed by atoms with Crippen molar-refractivity contribution in [1.29, 1.82) is 0 Å². The maximum Gasteiger partial charge on any atom is 0.326 e. The van der Waals surface area contributed by atoms with Crippen molar-refractivity contribution >= 4 is 5.97 Å². The summed E-state index contributed by atoms with van der Waals surface area (Å²) in [4.78, 5) is 12.3. The van der Waals surface area contributed by atoms with Crippen molar-refractivity contribution in [2.24, 2.45) is 5.92 Å². The Kier molecular flexibility index (Phi) is 6.96. The van der Waals surface area contributed by atoms with Gasteiger partial charge in [-0.15, -0.1) is 0 Å². The van der Waals surface area contributed by atoms with Gasteiger partial charge in [0, 0.05) is 19.1 Å². The van der Waals surface area contributed by atoms with Gasteiger partial charge in [0.15, 0.2) is 0 Å². The van der Waals surface area contributed by atoms with Crippen LogP contribution in [0.4, 0.5) is 0 Å². The first-order valence-electron chi connectivity index (χ1n) is 7.96. The summed E-state index contributed by atoms with van der Waals surface area (Å²) < 4.78 is 11.2. The Hall–Kier alpha value is -0.610. The zero-order valence-corrected chi connectivity index (χ0v) is 13.7. The van der Waals surface area contributed by atoms with Crippen LogP contribution in [0.3, 0.4) is 0 Å². The summed E-state index contributed by atoms with van der Waals surface area (Å²) in [6.07, 6.45) is 3.69. The fraction of sp³-hybridized carbons (Fsp3) is 0.938. The Balaban J connectivity index is 2.57. The molecule has 1 aliphatic rings. The fourth-order valence-electron chi connectivity index (χ4n) is 2.81. The molecule has 0 aromatic heterocycles. The molecule has 1 saturated carbocycles. The summed E-state index contributed by atoms with van der Waals surface area (Å²) >= 11 is 0. The molecule has 0 radical (unpaired) electrons. The van der Waals surface area contributed by atoms with Gasteiger partial charge in [-0.05, 0) is 46.0 Å². The number of carbonyl (C=O) groups is 1. The van der Waals surface area contributed by atoms with E-state index in [2.05, 4.69) is 33.0 Å². The van der Waals surface area contributed by atoms with Crippen LogP contribution in [0, 0.1) is 5.92 Å². The minimum atomic E-state index is -0.549. The monoisotopic (exact) mass is 285 g/mol. The van der Waals surface area contributed by atoms with Crippen LogP contribution >= 0.6 is 0 Å². The molecular weight excluding hydrogens is 254 g/mol. The van der Waals surface area contributed by atoms with Crippen molar-refractivity contribution in [2.75, 3.05) is 13.2 Å². The van der Waals surface area contributed by atoms with E-state index in [1.165, 1.54) is 0 Å². The van der Waals surface area contributed by atoms with Gasteiger partial charge in [-0.25, -0.2) is 0 Å². The Morgan fingerprint density at radius 2 is 2.05 bits per heavy atom. The maximum atomic E-state index is 12.3. The maximum absolute atomic E-state index is 12.3. The molecule has 118 valence electrons. The van der Waals surface area contributed by atoms with Crippen LogP contribution < -0.4 is 5.32 Å². The smallest absolute Gasteiger partial charge is 0.326 e. The molecule has 0 saturated heterocycles. The van der Waals surface area contributed by atoms with Gasteiger partial charge in [-0.1, -0.05) is 13.8 Å². The van der Waals surface area contributed by atoms with Crippen LogP contribution in [0.5, 0.6) is 0 Å². The zero-order chi connectivity index (χ0) is 15.2. The highest BCUT2D eigenvalue weighted by molar-refractivity contribution is 5.81. The fourth-order valence-corrected chi connectivity index (χ4v) is 2.81. The summed E-state index contributed by atoms with van der Waals surface area (Å²) in [6.45, 7) is 11.6. The predicted molar refractivity (Wildman–Crippen MR) is 80.7 cm³/mol. The Bertz CT molecular complexity index is 304. The topological polar surface area (TPSA) is 47.6 Å². The average molecular weight is 285 g/mol. The van der Waals surface area contributed by atoms with Crippen molar-refractivity contribution < 1.29 is 14.3 Å². The van der Waals surface area contributed by atoms with Crippen LogP contribution in [-0.4, -0.2) is 36.9 Å². The quantitative estimate of drug-likeness (QED) is 0.697. The van der Waals surface area contributed by atoms with E-state index in [1.807, 2.05) is 6.92 Å². The lowest BCUT2D eigenvalue weighted by molar-refractivity contribution is -0.151. The Morgan fingerprint density at radius 3 is 2.60 bits per heavy atom. The lowest BCUT2D eigenvalue weighted by Crippen LogP contribution is -2.54. The second kappa shape index (κ2) is 7.99. The van der Waals surface area contributed by atoms with Crippen LogP contribution in [0.15, 0.2) is 0 Å². The minimum Gasteiger partial charge on any atom is -0.465 e. The lowest BCUT2D eigenvalue weighted by Gasteiger charge is -2.30. The van der Waals surface area contributed by atoms with Crippen molar-refractivity contribution in [1.82, 2.24) is 5.32 Å². The minimum absolute atomic E-state index is 0.122. The van der Waals surface area contributed by atoms with E-state index in [0.29, 0.717) is 12.5 Å². The molecule has 0 spiro atoms. The van der Waals surface area contributed by atoms with Crippen LogP contribution in [0.1, 0.15) is 60.3 Å². The number of carbonyl (C=O) groups excluding carboxylic acids is 1. The number of rotatable bonds is 8. The summed E-state index contributed by atoms with van der Waals surface area (Å²) in [6, 6.07) is 0.258. The number of ether oxygens (including phenoxy) is 2. The first-order valence-corrected chi connectivity index (χ1v) is 7.96. The Labute approximate surface area is 123 Å². The van der Waals surface area contributed by atoms with Crippen LogP contribution in [0.2, 0.25) is 0 Å². The van der Waals surface area contributed by atoms with Gasteiger partial charge in [-0.3, -0.25) is 10.1 Å². The third-order valence-corrected chi connectivity index (χ3v) is 3.75. The first-order chi connectivity index (χ1) is 9.39. The highest BCUT2D eigenvalue weighted by Crippen LogP contribution is 2.34. The molecule has 20 heavy (non-hydrogen) atoms. The SMILES string of the molecule is CCOC(=O)C1(NC(C)C)CCC(OCCC(C)C)C1. The summed E-state index contributed by atoms with van der Waals surface area (Å²) in [7, 11) is 0. The molecule has 1 fully saturated rings. The van der Waals surface area contributed by atoms with E-state index in [0.717, 1.165) is 32.3 Å². The van der Waals surface area contributed by atoms with Gasteiger partial charge in [0.2, 0.25) is 0 Å². The second-order valence-corrected chi connectivity index (χ2v) is 6.52. The number of hydrogen-bond donors (Lipinski definition) is 1. The molecule has 0 bridgehead atoms. The van der Waals surface area contributed by atoms with Crippen molar-refractivity contribution in [3.63, 3.8) is 0 Å². The van der Waals surface area contributed by atoms with Crippen molar-refractivity contribution in [3.05, 3.63) is 0 Å². The molecule has 0 aromatic carbocycles. The van der Waals surface area contributed by atoms with Gasteiger partial charge in [-0.2, -0.15) is 0 Å². The molecule has 1 aliphatic carbocycles. The van der Waals surface area contributed by atoms with E-state index >= 15 is 0 Å². The summed E-state index contributed by atoms with van der Waals surface area (Å²) in [5.41, 5.74) is -0.549. The van der Waals surface area contributed by atoms with Crippen LogP contribution in [-0.2, 0) is 14.3 Å². The molecule has 0 amide bonds. The van der Waals surface area contributed by atoms with Gasteiger partial charge >= 0.3 is 5.97 Å². The predicted octanol–water partition coefficient (Wildman–Crippen LogP) is 2.90. The van der Waals surface area contributed by atoms with E-state index in [-0.39, 0.29) is 18.1 Å². The van der Waals surface area contributed by atoms with Gasteiger partial charge in [0.05, 0.1) is 12.7 Å². The molecule has 0 aliphatic heterocycles. The highest BCUT2D eigenvalue weighted by Gasteiger charge is 2.47. The van der Waals surface area contributed by atoms with E-state index in [4.69, 9.17) is 9.47 Å². The molecule has 4 heteroatoms. The number of esters is 1. The van der Waals surface area contributed by atoms with Gasteiger partial charge in [0.25, 0.3) is 0 Å². The van der Waals surface area contributed by atoms with Gasteiger partial charge < -0.3 is 9.47 Å². The summed E-state index contributed by atoms with van der Waals surface area (Å²) in [5, 5.41) is 3.41. The molecule has 2 atom stereocenters. The van der Waals surface area contributed by atoms with Crippen molar-refractivity contribution in [3.8, 4) is 0 Å². The molecule has 2 unspecified atom stereocenters. The molecule has 0 aromatic rings. The van der Waals surface area contributed by atoms with E-state index < -0.39 is 5.54 Å². The first kappa shape index (κ1) is 17.4. The largest absolute Gasteiger partial charge is 0.465 e.